The molecule has 9 nitrogen and oxygen atoms in total. The molecule has 2 amide bonds. The summed E-state index contributed by atoms with van der Waals surface area (Å²) in [7, 11) is 0. The summed E-state index contributed by atoms with van der Waals surface area (Å²) in [6.07, 6.45) is -1.90. The van der Waals surface area contributed by atoms with Gasteiger partial charge in [0, 0.05) is 23.6 Å². The molecule has 0 saturated heterocycles. The van der Waals surface area contributed by atoms with E-state index in [1.807, 2.05) is 12.1 Å². The highest BCUT2D eigenvalue weighted by Gasteiger charge is 2.63. The number of hydrogen-bond acceptors (Lipinski definition) is 7. The van der Waals surface area contributed by atoms with Gasteiger partial charge in [-0.3, -0.25) is 9.59 Å². The van der Waals surface area contributed by atoms with Gasteiger partial charge in [0.05, 0.1) is 0 Å². The number of carbonyl (C=O) groups excluding carboxylic acids is 2. The van der Waals surface area contributed by atoms with Crippen molar-refractivity contribution in [1.29, 1.82) is 0 Å². The van der Waals surface area contributed by atoms with Gasteiger partial charge < -0.3 is 25.0 Å². The van der Waals surface area contributed by atoms with Gasteiger partial charge in [-0.1, -0.05) is 29.4 Å². The van der Waals surface area contributed by atoms with Gasteiger partial charge in [0.1, 0.15) is 5.75 Å². The third-order valence-electron chi connectivity index (χ3n) is 10.9. The molecule has 13 heteroatoms. The van der Waals surface area contributed by atoms with Crippen LogP contribution in [0, 0.1) is 11.3 Å². The van der Waals surface area contributed by atoms with E-state index in [-0.39, 0.29) is 16.7 Å². The molecule has 4 aliphatic rings. The molecule has 4 aliphatic carbocycles. The standard InChI is InChI=1S/C36H42F4N4O5/c1-31(2,37)30-42-29(43-49-30)34-15-12-33(13-16-34,14-17-34)21-44(27(45)24-19-35(47,20-24)36(38,39)40)25-7-5-6-23(18-25)22-8-10-26(11-9-22)48-32(3,4)28(41)46/h5-11,18,24,47H,12-17,19-21H2,1-4H3,(H2,41,46). The summed E-state index contributed by atoms with van der Waals surface area (Å²) in [5.74, 6) is -1.17. The minimum Gasteiger partial charge on any atom is -0.478 e. The lowest BCUT2D eigenvalue weighted by Crippen LogP contribution is -2.60. The number of ether oxygens (including phenoxy) is 1. The van der Waals surface area contributed by atoms with Crippen LogP contribution < -0.4 is 15.4 Å². The lowest BCUT2D eigenvalue weighted by molar-refractivity contribution is -0.295. The van der Waals surface area contributed by atoms with Crippen LogP contribution in [0.4, 0.5) is 23.2 Å². The first-order valence-corrected chi connectivity index (χ1v) is 16.6. The van der Waals surface area contributed by atoms with Crippen LogP contribution >= 0.6 is 0 Å². The van der Waals surface area contributed by atoms with E-state index in [1.165, 1.54) is 13.8 Å². The normalized spacial score (nSPS) is 27.0. The smallest absolute Gasteiger partial charge is 0.417 e. The number of rotatable bonds is 10. The van der Waals surface area contributed by atoms with Crippen molar-refractivity contribution in [3.05, 3.63) is 60.2 Å². The zero-order valence-electron chi connectivity index (χ0n) is 28.1. The summed E-state index contributed by atoms with van der Waals surface area (Å²) in [4.78, 5) is 31.8. The Morgan fingerprint density at radius 3 is 2.10 bits per heavy atom. The molecule has 3 N–H and O–H groups in total. The van der Waals surface area contributed by atoms with Gasteiger partial charge >= 0.3 is 6.18 Å². The fourth-order valence-corrected chi connectivity index (χ4v) is 7.44. The van der Waals surface area contributed by atoms with Crippen LogP contribution in [-0.4, -0.2) is 51.0 Å². The molecule has 1 heterocycles. The Hall–Kier alpha value is -4.00. The average Bonchev–Trinajstić information content (AvgIpc) is 3.55. The molecule has 4 saturated carbocycles. The van der Waals surface area contributed by atoms with Crippen LogP contribution in [-0.2, 0) is 20.7 Å². The van der Waals surface area contributed by atoms with E-state index >= 15 is 0 Å². The summed E-state index contributed by atoms with van der Waals surface area (Å²) in [6, 6.07) is 14.3. The van der Waals surface area contributed by atoms with Crippen molar-refractivity contribution >= 4 is 17.5 Å². The number of fused-ring (bicyclic) bond motifs is 3. The maximum absolute atomic E-state index is 14.5. The Morgan fingerprint density at radius 2 is 1.57 bits per heavy atom. The number of nitrogens with two attached hydrogens (primary N) is 1. The zero-order chi connectivity index (χ0) is 35.6. The Labute approximate surface area is 282 Å². The van der Waals surface area contributed by atoms with Crippen molar-refractivity contribution in [2.75, 3.05) is 11.4 Å². The molecular formula is C36H42F4N4O5. The number of benzene rings is 2. The maximum Gasteiger partial charge on any atom is 0.417 e. The second-order valence-corrected chi connectivity index (χ2v) is 15.3. The molecule has 2 aromatic carbocycles. The van der Waals surface area contributed by atoms with E-state index in [0.717, 1.165) is 30.4 Å². The molecule has 0 atom stereocenters. The van der Waals surface area contributed by atoms with Crippen molar-refractivity contribution < 1.29 is 41.5 Å². The Bertz CT molecular complexity index is 1700. The number of aliphatic hydroxyl groups is 1. The Balaban J connectivity index is 1.25. The minimum atomic E-state index is -4.82. The molecule has 2 bridgehead atoms. The summed E-state index contributed by atoms with van der Waals surface area (Å²) >= 11 is 0. The largest absolute Gasteiger partial charge is 0.478 e. The average molecular weight is 687 g/mol. The highest BCUT2D eigenvalue weighted by molar-refractivity contribution is 5.96. The zero-order valence-corrected chi connectivity index (χ0v) is 28.1. The maximum atomic E-state index is 14.5. The first kappa shape index (κ1) is 34.8. The summed E-state index contributed by atoms with van der Waals surface area (Å²) < 4.78 is 66.1. The van der Waals surface area contributed by atoms with Gasteiger partial charge in [-0.15, -0.1) is 0 Å². The van der Waals surface area contributed by atoms with Crippen molar-refractivity contribution in [2.45, 2.75) is 108 Å². The summed E-state index contributed by atoms with van der Waals surface area (Å²) in [6.45, 7) is 6.18. The number of hydrogen-bond donors (Lipinski definition) is 2. The predicted molar refractivity (Wildman–Crippen MR) is 172 cm³/mol. The van der Waals surface area contributed by atoms with Crippen molar-refractivity contribution in [3.8, 4) is 16.9 Å². The molecule has 4 fully saturated rings. The lowest BCUT2D eigenvalue weighted by atomic mass is 9.53. The topological polar surface area (TPSA) is 132 Å². The molecule has 264 valence electrons. The molecule has 1 aromatic heterocycles. The Kier molecular flexibility index (Phi) is 8.40. The quantitative estimate of drug-likeness (QED) is 0.222. The van der Waals surface area contributed by atoms with Crippen LogP contribution in [0.2, 0.25) is 0 Å². The second kappa shape index (κ2) is 11.8. The van der Waals surface area contributed by atoms with Gasteiger partial charge in [-0.05, 0) is 120 Å². The molecule has 7 rings (SSSR count). The van der Waals surface area contributed by atoms with Gasteiger partial charge in [0.2, 0.25) is 5.91 Å². The molecule has 0 radical (unpaired) electrons. The number of aromatic nitrogens is 2. The van der Waals surface area contributed by atoms with Crippen molar-refractivity contribution in [3.63, 3.8) is 0 Å². The second-order valence-electron chi connectivity index (χ2n) is 15.3. The third-order valence-corrected chi connectivity index (χ3v) is 10.9. The number of anilines is 1. The number of amides is 2. The van der Waals surface area contributed by atoms with Crippen LogP contribution in [0.25, 0.3) is 11.1 Å². The first-order valence-electron chi connectivity index (χ1n) is 16.6. The van der Waals surface area contributed by atoms with Gasteiger partial charge in [0.25, 0.3) is 11.8 Å². The van der Waals surface area contributed by atoms with E-state index in [0.29, 0.717) is 43.1 Å². The van der Waals surface area contributed by atoms with Gasteiger partial charge in [0.15, 0.2) is 22.7 Å². The number of alkyl halides is 4. The lowest BCUT2D eigenvalue weighted by Gasteiger charge is -2.54. The monoisotopic (exact) mass is 686 g/mol. The van der Waals surface area contributed by atoms with Gasteiger partial charge in [-0.25, -0.2) is 4.39 Å². The molecule has 0 spiro atoms. The number of halogens is 4. The SMILES string of the molecule is CC(C)(Oc1ccc(-c2cccc(N(CC34CCC(c5noc(C(C)(C)F)n5)(CC3)CC4)C(=O)C3CC(O)(C(F)(F)F)C3)c2)cc1)C(N)=O. The minimum absolute atomic E-state index is 0.0630. The van der Waals surface area contributed by atoms with E-state index in [9.17, 15) is 32.3 Å². The Morgan fingerprint density at radius 1 is 0.959 bits per heavy atom. The number of nitrogens with zero attached hydrogens (tertiary/aromatic N) is 3. The van der Waals surface area contributed by atoms with Crippen LogP contribution in [0.1, 0.15) is 90.8 Å². The fraction of sp³-hybridized carbons (Fsp3) is 0.556. The number of carbonyl (C=O) groups is 2. The molecule has 0 aliphatic heterocycles. The van der Waals surface area contributed by atoms with E-state index in [2.05, 4.69) is 10.1 Å². The molecular weight excluding hydrogens is 644 g/mol. The van der Waals surface area contributed by atoms with Crippen LogP contribution in [0.5, 0.6) is 5.75 Å². The molecule has 0 unspecified atom stereocenters. The van der Waals surface area contributed by atoms with Crippen LogP contribution in [0.15, 0.2) is 53.1 Å². The molecule has 49 heavy (non-hydrogen) atoms. The van der Waals surface area contributed by atoms with Crippen LogP contribution in [0.3, 0.4) is 0 Å². The number of primary amides is 1. The fourth-order valence-electron chi connectivity index (χ4n) is 7.44. The summed E-state index contributed by atoms with van der Waals surface area (Å²) in [5, 5.41) is 14.3. The van der Waals surface area contributed by atoms with Crippen molar-refractivity contribution in [1.82, 2.24) is 10.1 Å². The molecule has 3 aromatic rings. The van der Waals surface area contributed by atoms with E-state index in [1.54, 1.807) is 55.1 Å². The van der Waals surface area contributed by atoms with Gasteiger partial charge in [-0.2, -0.15) is 18.2 Å². The highest BCUT2D eigenvalue weighted by atomic mass is 19.4. The summed E-state index contributed by atoms with van der Waals surface area (Å²) in [5.41, 5.74) is 1.04. The van der Waals surface area contributed by atoms with E-state index in [4.69, 9.17) is 15.0 Å². The first-order chi connectivity index (χ1) is 22.7. The third kappa shape index (κ3) is 6.53. The van der Waals surface area contributed by atoms with E-state index < -0.39 is 53.6 Å². The van der Waals surface area contributed by atoms with Crippen molar-refractivity contribution in [2.24, 2.45) is 17.1 Å². The predicted octanol–water partition coefficient (Wildman–Crippen LogP) is 6.91. The highest BCUT2D eigenvalue weighted by Crippen LogP contribution is 2.58.